The SMILES string of the molecule is CCCCN(CC)CC(=O)c1ccc(C)c(C)c1. The Labute approximate surface area is 111 Å². The van der Waals surface area contributed by atoms with Gasteiger partial charge in [0.05, 0.1) is 6.54 Å². The molecule has 0 amide bonds. The molecule has 0 heterocycles. The van der Waals surface area contributed by atoms with Crippen LogP contribution in [0.4, 0.5) is 0 Å². The summed E-state index contributed by atoms with van der Waals surface area (Å²) in [5.41, 5.74) is 3.27. The molecule has 0 N–H and O–H groups in total. The third-order valence-electron chi connectivity index (χ3n) is 3.47. The minimum absolute atomic E-state index is 0.232. The summed E-state index contributed by atoms with van der Waals surface area (Å²) in [5.74, 6) is 0.232. The number of hydrogen-bond donors (Lipinski definition) is 0. The highest BCUT2D eigenvalue weighted by Crippen LogP contribution is 2.11. The average molecular weight is 247 g/mol. The van der Waals surface area contributed by atoms with Crippen molar-refractivity contribution in [3.8, 4) is 0 Å². The van der Waals surface area contributed by atoms with Gasteiger partial charge in [0, 0.05) is 5.56 Å². The van der Waals surface area contributed by atoms with Crippen LogP contribution in [0.5, 0.6) is 0 Å². The van der Waals surface area contributed by atoms with Crippen molar-refractivity contribution in [2.75, 3.05) is 19.6 Å². The van der Waals surface area contributed by atoms with Gasteiger partial charge < -0.3 is 0 Å². The number of hydrogen-bond acceptors (Lipinski definition) is 2. The van der Waals surface area contributed by atoms with Gasteiger partial charge in [0.1, 0.15) is 0 Å². The monoisotopic (exact) mass is 247 g/mol. The predicted octanol–water partition coefficient (Wildman–Crippen LogP) is 3.61. The van der Waals surface area contributed by atoms with Gasteiger partial charge in [-0.3, -0.25) is 9.69 Å². The maximum atomic E-state index is 12.2. The number of benzene rings is 1. The fourth-order valence-electron chi connectivity index (χ4n) is 1.94. The van der Waals surface area contributed by atoms with E-state index >= 15 is 0 Å². The first-order valence-corrected chi connectivity index (χ1v) is 6.91. The highest BCUT2D eigenvalue weighted by Gasteiger charge is 2.11. The Kier molecular flexibility index (Phi) is 6.06. The van der Waals surface area contributed by atoms with E-state index < -0.39 is 0 Å². The van der Waals surface area contributed by atoms with Crippen LogP contribution in [-0.4, -0.2) is 30.3 Å². The zero-order valence-electron chi connectivity index (χ0n) is 12.1. The molecule has 1 aromatic carbocycles. The van der Waals surface area contributed by atoms with Crippen LogP contribution in [0.25, 0.3) is 0 Å². The first-order chi connectivity index (χ1) is 8.58. The largest absolute Gasteiger partial charge is 0.296 e. The van der Waals surface area contributed by atoms with E-state index in [1.807, 2.05) is 18.2 Å². The Morgan fingerprint density at radius 2 is 1.89 bits per heavy atom. The molecule has 0 spiro atoms. The van der Waals surface area contributed by atoms with Crippen molar-refractivity contribution in [3.05, 3.63) is 34.9 Å². The van der Waals surface area contributed by atoms with E-state index in [1.165, 1.54) is 17.5 Å². The van der Waals surface area contributed by atoms with Crippen molar-refractivity contribution in [1.29, 1.82) is 0 Å². The molecule has 0 aromatic heterocycles. The standard InChI is InChI=1S/C16H25NO/c1-5-7-10-17(6-2)12-16(18)15-9-8-13(3)14(4)11-15/h8-9,11H,5-7,10,12H2,1-4H3. The van der Waals surface area contributed by atoms with E-state index in [4.69, 9.17) is 0 Å². The third-order valence-corrected chi connectivity index (χ3v) is 3.47. The van der Waals surface area contributed by atoms with Crippen molar-refractivity contribution >= 4 is 5.78 Å². The van der Waals surface area contributed by atoms with Gasteiger partial charge in [-0.2, -0.15) is 0 Å². The molecule has 2 nitrogen and oxygen atoms in total. The Morgan fingerprint density at radius 3 is 2.44 bits per heavy atom. The second-order valence-electron chi connectivity index (χ2n) is 4.94. The third kappa shape index (κ3) is 4.26. The van der Waals surface area contributed by atoms with Gasteiger partial charge in [0.2, 0.25) is 0 Å². The summed E-state index contributed by atoms with van der Waals surface area (Å²) in [6.45, 7) is 10.9. The van der Waals surface area contributed by atoms with Gasteiger partial charge in [-0.1, -0.05) is 32.4 Å². The topological polar surface area (TPSA) is 20.3 Å². The van der Waals surface area contributed by atoms with Crippen LogP contribution in [0.3, 0.4) is 0 Å². The second-order valence-corrected chi connectivity index (χ2v) is 4.94. The van der Waals surface area contributed by atoms with Crippen LogP contribution < -0.4 is 0 Å². The Balaban J connectivity index is 2.65. The summed E-state index contributed by atoms with van der Waals surface area (Å²) in [5, 5.41) is 0. The van der Waals surface area contributed by atoms with Crippen molar-refractivity contribution in [3.63, 3.8) is 0 Å². The zero-order chi connectivity index (χ0) is 13.5. The highest BCUT2D eigenvalue weighted by molar-refractivity contribution is 5.97. The quantitative estimate of drug-likeness (QED) is 0.686. The van der Waals surface area contributed by atoms with E-state index in [0.717, 1.165) is 25.1 Å². The van der Waals surface area contributed by atoms with Crippen LogP contribution in [0.1, 0.15) is 48.2 Å². The van der Waals surface area contributed by atoms with E-state index in [0.29, 0.717) is 6.54 Å². The zero-order valence-corrected chi connectivity index (χ0v) is 12.1. The minimum atomic E-state index is 0.232. The average Bonchev–Trinajstić information content (AvgIpc) is 2.37. The molecule has 0 unspecified atom stereocenters. The summed E-state index contributed by atoms with van der Waals surface area (Å²) in [6.07, 6.45) is 2.34. The molecule has 1 aromatic rings. The lowest BCUT2D eigenvalue weighted by molar-refractivity contribution is 0.0933. The molecule has 2 heteroatoms. The summed E-state index contributed by atoms with van der Waals surface area (Å²) < 4.78 is 0. The molecule has 0 saturated carbocycles. The summed E-state index contributed by atoms with van der Waals surface area (Å²) in [6, 6.07) is 5.98. The Morgan fingerprint density at radius 1 is 1.17 bits per heavy atom. The Bertz CT molecular complexity index is 398. The van der Waals surface area contributed by atoms with Crippen LogP contribution in [-0.2, 0) is 0 Å². The van der Waals surface area contributed by atoms with E-state index in [-0.39, 0.29) is 5.78 Å². The number of aryl methyl sites for hydroxylation is 2. The molecule has 0 bridgehead atoms. The number of carbonyl (C=O) groups excluding carboxylic acids is 1. The van der Waals surface area contributed by atoms with Crippen molar-refractivity contribution in [2.24, 2.45) is 0 Å². The van der Waals surface area contributed by atoms with Crippen LogP contribution in [0.15, 0.2) is 18.2 Å². The fraction of sp³-hybridized carbons (Fsp3) is 0.562. The number of Topliss-reactive ketones (excluding diaryl/α,β-unsaturated/α-hetero) is 1. The first kappa shape index (κ1) is 14.9. The van der Waals surface area contributed by atoms with Gasteiger partial charge in [-0.25, -0.2) is 0 Å². The van der Waals surface area contributed by atoms with Crippen molar-refractivity contribution in [1.82, 2.24) is 4.90 Å². The molecule has 0 aliphatic carbocycles. The lowest BCUT2D eigenvalue weighted by atomic mass is 10.0. The van der Waals surface area contributed by atoms with Crippen molar-refractivity contribution in [2.45, 2.75) is 40.5 Å². The van der Waals surface area contributed by atoms with E-state index in [1.54, 1.807) is 0 Å². The van der Waals surface area contributed by atoms with Crippen LogP contribution in [0.2, 0.25) is 0 Å². The number of likely N-dealkylation sites (N-methyl/N-ethyl adjacent to an activating group) is 1. The van der Waals surface area contributed by atoms with Crippen molar-refractivity contribution < 1.29 is 4.79 Å². The fourth-order valence-corrected chi connectivity index (χ4v) is 1.94. The smallest absolute Gasteiger partial charge is 0.176 e. The lowest BCUT2D eigenvalue weighted by Crippen LogP contribution is -2.30. The molecular weight excluding hydrogens is 222 g/mol. The number of rotatable bonds is 7. The van der Waals surface area contributed by atoms with Gasteiger partial charge in [-0.05, 0) is 50.6 Å². The summed E-state index contributed by atoms with van der Waals surface area (Å²) in [4.78, 5) is 14.4. The Hall–Kier alpha value is -1.15. The molecule has 0 saturated heterocycles. The highest BCUT2D eigenvalue weighted by atomic mass is 16.1. The van der Waals surface area contributed by atoms with E-state index in [9.17, 15) is 4.79 Å². The molecule has 100 valence electrons. The van der Waals surface area contributed by atoms with E-state index in [2.05, 4.69) is 32.6 Å². The maximum absolute atomic E-state index is 12.2. The molecule has 1 rings (SSSR count). The summed E-state index contributed by atoms with van der Waals surface area (Å²) >= 11 is 0. The van der Waals surface area contributed by atoms with Gasteiger partial charge in [0.15, 0.2) is 5.78 Å². The molecule has 0 aliphatic rings. The second kappa shape index (κ2) is 7.32. The van der Waals surface area contributed by atoms with Crippen LogP contribution >= 0.6 is 0 Å². The number of carbonyl (C=O) groups is 1. The normalized spacial score (nSPS) is 10.9. The number of unbranched alkanes of at least 4 members (excludes halogenated alkanes) is 1. The molecule has 18 heavy (non-hydrogen) atoms. The predicted molar refractivity (Wildman–Crippen MR) is 77.3 cm³/mol. The molecule has 0 aliphatic heterocycles. The lowest BCUT2D eigenvalue weighted by Gasteiger charge is -2.19. The minimum Gasteiger partial charge on any atom is -0.296 e. The molecule has 0 radical (unpaired) electrons. The molecular formula is C16H25NO. The number of ketones is 1. The number of nitrogens with zero attached hydrogens (tertiary/aromatic N) is 1. The van der Waals surface area contributed by atoms with Gasteiger partial charge >= 0.3 is 0 Å². The first-order valence-electron chi connectivity index (χ1n) is 6.91. The molecule has 0 atom stereocenters. The van der Waals surface area contributed by atoms with Gasteiger partial charge in [-0.15, -0.1) is 0 Å². The van der Waals surface area contributed by atoms with Gasteiger partial charge in [0.25, 0.3) is 0 Å². The molecule has 0 fully saturated rings. The summed E-state index contributed by atoms with van der Waals surface area (Å²) in [7, 11) is 0. The maximum Gasteiger partial charge on any atom is 0.176 e. The van der Waals surface area contributed by atoms with Crippen LogP contribution in [0, 0.1) is 13.8 Å².